The SMILES string of the molecule is NC(=S)/C=C/O. The highest BCUT2D eigenvalue weighted by Crippen LogP contribution is 1.64. The van der Waals surface area contributed by atoms with E-state index in [9.17, 15) is 0 Å². The van der Waals surface area contributed by atoms with Crippen LogP contribution in [0.4, 0.5) is 0 Å². The van der Waals surface area contributed by atoms with Crippen LogP contribution in [0.15, 0.2) is 12.3 Å². The smallest absolute Gasteiger partial charge is 0.0992 e. The first-order valence-corrected chi connectivity index (χ1v) is 1.78. The monoisotopic (exact) mass is 103 g/mol. The summed E-state index contributed by atoms with van der Waals surface area (Å²) in [6.45, 7) is 0. The molecule has 2 nitrogen and oxygen atoms in total. The van der Waals surface area contributed by atoms with Crippen LogP contribution >= 0.6 is 12.2 Å². The zero-order valence-corrected chi connectivity index (χ0v) is 3.90. The molecule has 0 bridgehead atoms. The minimum atomic E-state index is 0.192. The van der Waals surface area contributed by atoms with Crippen molar-refractivity contribution in [3.05, 3.63) is 12.3 Å². The fourth-order valence-corrected chi connectivity index (χ4v) is 0.134. The molecule has 0 fully saturated rings. The van der Waals surface area contributed by atoms with Gasteiger partial charge < -0.3 is 10.8 Å². The highest BCUT2D eigenvalue weighted by Gasteiger charge is 1.68. The molecule has 0 atom stereocenters. The van der Waals surface area contributed by atoms with Gasteiger partial charge in [0.1, 0.15) is 0 Å². The summed E-state index contributed by atoms with van der Waals surface area (Å²) < 4.78 is 0. The first kappa shape index (κ1) is 5.43. The van der Waals surface area contributed by atoms with Crippen molar-refractivity contribution in [3.8, 4) is 0 Å². The summed E-state index contributed by atoms with van der Waals surface area (Å²) in [5.74, 6) is 0. The van der Waals surface area contributed by atoms with Crippen LogP contribution in [-0.2, 0) is 0 Å². The van der Waals surface area contributed by atoms with E-state index in [4.69, 9.17) is 10.8 Å². The van der Waals surface area contributed by atoms with Gasteiger partial charge in [0, 0.05) is 6.08 Å². The topological polar surface area (TPSA) is 46.2 Å². The molecule has 0 aromatic rings. The second-order valence-corrected chi connectivity index (χ2v) is 1.19. The summed E-state index contributed by atoms with van der Waals surface area (Å²) in [4.78, 5) is 0.192. The van der Waals surface area contributed by atoms with E-state index in [1.807, 2.05) is 0 Å². The lowest BCUT2D eigenvalue weighted by atomic mass is 10.6. The summed E-state index contributed by atoms with van der Waals surface area (Å²) in [6, 6.07) is 0. The average molecular weight is 103 g/mol. The Morgan fingerprint density at radius 3 is 2.33 bits per heavy atom. The molecule has 0 amide bonds. The van der Waals surface area contributed by atoms with Gasteiger partial charge in [0.05, 0.1) is 11.3 Å². The van der Waals surface area contributed by atoms with Crippen LogP contribution in [0.25, 0.3) is 0 Å². The number of nitrogens with two attached hydrogens (primary N) is 1. The predicted molar refractivity (Wildman–Crippen MR) is 28.6 cm³/mol. The summed E-state index contributed by atoms with van der Waals surface area (Å²) in [5.41, 5.74) is 4.89. The van der Waals surface area contributed by atoms with Gasteiger partial charge in [-0.3, -0.25) is 0 Å². The van der Waals surface area contributed by atoms with Gasteiger partial charge in [-0.15, -0.1) is 0 Å². The first-order chi connectivity index (χ1) is 2.77. The zero-order chi connectivity index (χ0) is 4.99. The molecule has 3 heteroatoms. The van der Waals surface area contributed by atoms with Crippen molar-refractivity contribution in [2.24, 2.45) is 5.73 Å². The van der Waals surface area contributed by atoms with Crippen LogP contribution in [0, 0.1) is 0 Å². The van der Waals surface area contributed by atoms with Crippen LogP contribution in [0.1, 0.15) is 0 Å². The molecule has 0 saturated heterocycles. The lowest BCUT2D eigenvalue weighted by Crippen LogP contribution is -2.01. The number of thiocarbonyl (C=S) groups is 1. The molecule has 0 aliphatic carbocycles. The lowest BCUT2D eigenvalue weighted by molar-refractivity contribution is 0.474. The number of rotatable bonds is 1. The average Bonchev–Trinajstić information content (AvgIpc) is 1.35. The predicted octanol–water partition coefficient (Wildman–Crippen LogP) is 0.344. The van der Waals surface area contributed by atoms with Gasteiger partial charge in [-0.2, -0.15) is 0 Å². The van der Waals surface area contributed by atoms with Crippen LogP contribution < -0.4 is 5.73 Å². The van der Waals surface area contributed by atoms with Crippen LogP contribution in [0.5, 0.6) is 0 Å². The maximum Gasteiger partial charge on any atom is 0.0992 e. The minimum absolute atomic E-state index is 0.192. The van der Waals surface area contributed by atoms with Crippen molar-refractivity contribution in [2.75, 3.05) is 0 Å². The molecule has 0 aliphatic heterocycles. The van der Waals surface area contributed by atoms with Gasteiger partial charge in [-0.05, 0) is 0 Å². The van der Waals surface area contributed by atoms with E-state index < -0.39 is 0 Å². The second kappa shape index (κ2) is 2.66. The molecule has 0 heterocycles. The van der Waals surface area contributed by atoms with Crippen LogP contribution in [-0.4, -0.2) is 10.1 Å². The number of aliphatic hydroxyl groups is 1. The number of hydrogen-bond donors (Lipinski definition) is 2. The molecule has 3 N–H and O–H groups in total. The van der Waals surface area contributed by atoms with Crippen molar-refractivity contribution < 1.29 is 5.11 Å². The molecule has 0 saturated carbocycles. The molecule has 0 unspecified atom stereocenters. The molecule has 0 rings (SSSR count). The first-order valence-electron chi connectivity index (χ1n) is 1.37. The van der Waals surface area contributed by atoms with Gasteiger partial charge in [-0.1, -0.05) is 12.2 Å². The highest BCUT2D eigenvalue weighted by molar-refractivity contribution is 7.80. The van der Waals surface area contributed by atoms with Gasteiger partial charge >= 0.3 is 0 Å². The normalized spacial score (nSPS) is 9.33. The molecule has 34 valence electrons. The maximum atomic E-state index is 7.89. The van der Waals surface area contributed by atoms with Crippen molar-refractivity contribution in [1.82, 2.24) is 0 Å². The van der Waals surface area contributed by atoms with Crippen LogP contribution in [0.3, 0.4) is 0 Å². The second-order valence-electron chi connectivity index (χ2n) is 0.718. The summed E-state index contributed by atoms with van der Waals surface area (Å²) >= 11 is 4.33. The fourth-order valence-electron chi connectivity index (χ4n) is 0.0735. The van der Waals surface area contributed by atoms with E-state index in [0.29, 0.717) is 0 Å². The van der Waals surface area contributed by atoms with E-state index in [-0.39, 0.29) is 4.99 Å². The standard InChI is InChI=1S/C3H5NOS/c4-3(6)1-2-5/h1-2,5H,(H2,4,6)/b2-1+. The summed E-state index contributed by atoms with van der Waals surface area (Å²) in [7, 11) is 0. The third-order valence-electron chi connectivity index (χ3n) is 0.239. The van der Waals surface area contributed by atoms with Crippen molar-refractivity contribution in [3.63, 3.8) is 0 Å². The van der Waals surface area contributed by atoms with Gasteiger partial charge in [0.2, 0.25) is 0 Å². The summed E-state index contributed by atoms with van der Waals surface area (Å²) in [6.07, 6.45) is 2.04. The van der Waals surface area contributed by atoms with Crippen molar-refractivity contribution in [2.45, 2.75) is 0 Å². The van der Waals surface area contributed by atoms with Gasteiger partial charge in [-0.25, -0.2) is 0 Å². The highest BCUT2D eigenvalue weighted by atomic mass is 32.1. The molecule has 0 spiro atoms. The largest absolute Gasteiger partial charge is 0.515 e. The Kier molecular flexibility index (Phi) is 2.40. The Morgan fingerprint density at radius 2 is 2.33 bits per heavy atom. The van der Waals surface area contributed by atoms with E-state index in [1.165, 1.54) is 6.08 Å². The maximum absolute atomic E-state index is 7.89. The molecule has 0 aliphatic rings. The van der Waals surface area contributed by atoms with Gasteiger partial charge in [0.15, 0.2) is 0 Å². The third-order valence-corrected chi connectivity index (χ3v) is 0.375. The molecular weight excluding hydrogens is 98.1 g/mol. The fraction of sp³-hybridized carbons (Fsp3) is 0. The zero-order valence-electron chi connectivity index (χ0n) is 3.09. The molecule has 0 aromatic carbocycles. The lowest BCUT2D eigenvalue weighted by Gasteiger charge is -1.74. The number of hydrogen-bond acceptors (Lipinski definition) is 2. The van der Waals surface area contributed by atoms with E-state index in [0.717, 1.165) is 6.26 Å². The molecular formula is C3H5NOS. The Bertz CT molecular complexity index is 78.9. The van der Waals surface area contributed by atoms with E-state index in [2.05, 4.69) is 12.2 Å². The van der Waals surface area contributed by atoms with Crippen molar-refractivity contribution >= 4 is 17.2 Å². The molecule has 0 aromatic heterocycles. The number of aliphatic hydroxyl groups excluding tert-OH is 1. The van der Waals surface area contributed by atoms with Crippen LogP contribution in [0.2, 0.25) is 0 Å². The Morgan fingerprint density at radius 1 is 1.83 bits per heavy atom. The Balaban J connectivity index is 3.30. The van der Waals surface area contributed by atoms with E-state index >= 15 is 0 Å². The van der Waals surface area contributed by atoms with Gasteiger partial charge in [0.25, 0.3) is 0 Å². The quantitative estimate of drug-likeness (QED) is 0.286. The summed E-state index contributed by atoms with van der Waals surface area (Å²) in [5, 5.41) is 7.89. The third kappa shape index (κ3) is 3.43. The van der Waals surface area contributed by atoms with E-state index in [1.54, 1.807) is 0 Å². The Labute approximate surface area is 41.3 Å². The van der Waals surface area contributed by atoms with Crippen molar-refractivity contribution in [1.29, 1.82) is 0 Å². The minimum Gasteiger partial charge on any atom is -0.515 e. The molecule has 6 heavy (non-hydrogen) atoms. The molecule has 0 radical (unpaired) electrons. The Hall–Kier alpha value is -0.570.